The fourth-order valence-electron chi connectivity index (χ4n) is 4.62. The molecule has 1 amide bonds. The van der Waals surface area contributed by atoms with E-state index < -0.39 is 0 Å². The summed E-state index contributed by atoms with van der Waals surface area (Å²) in [6.07, 6.45) is 2.11. The third kappa shape index (κ3) is 4.86. The van der Waals surface area contributed by atoms with E-state index >= 15 is 0 Å². The Kier molecular flexibility index (Phi) is 6.67. The van der Waals surface area contributed by atoms with Crippen LogP contribution >= 0.6 is 11.8 Å². The fourth-order valence-corrected chi connectivity index (χ4v) is 5.82. The second-order valence-electron chi connectivity index (χ2n) is 9.23. The van der Waals surface area contributed by atoms with Gasteiger partial charge in [0.1, 0.15) is 11.4 Å². The maximum Gasteiger partial charge on any atom is 0.255 e. The molecule has 7 nitrogen and oxygen atoms in total. The molecule has 0 N–H and O–H groups in total. The number of aromatic nitrogens is 3. The Morgan fingerprint density at radius 3 is 2.54 bits per heavy atom. The number of hydrogen-bond acceptors (Lipinski definition) is 6. The van der Waals surface area contributed by atoms with E-state index in [4.69, 9.17) is 9.51 Å². The van der Waals surface area contributed by atoms with Gasteiger partial charge in [-0.15, -0.1) is 11.8 Å². The van der Waals surface area contributed by atoms with Crippen molar-refractivity contribution >= 4 is 23.3 Å². The molecule has 1 aromatic carbocycles. The summed E-state index contributed by atoms with van der Waals surface area (Å²) in [5.74, 6) is 1.68. The predicted molar refractivity (Wildman–Crippen MR) is 138 cm³/mol. The van der Waals surface area contributed by atoms with Gasteiger partial charge in [-0.1, -0.05) is 17.3 Å². The van der Waals surface area contributed by atoms with Crippen molar-refractivity contribution in [1.29, 1.82) is 0 Å². The lowest BCUT2D eigenvalue weighted by Gasteiger charge is -2.35. The lowest BCUT2D eigenvalue weighted by Crippen LogP contribution is -2.48. The number of hydrogen-bond donors (Lipinski definition) is 0. The molecule has 1 fully saturated rings. The van der Waals surface area contributed by atoms with Gasteiger partial charge < -0.3 is 13.8 Å². The number of piperazine rings is 1. The monoisotopic (exact) mass is 489 g/mol. The van der Waals surface area contributed by atoms with Crippen LogP contribution in [0.25, 0.3) is 5.65 Å². The SMILES string of the molecule is Cc1ccn2c(CN3CCN(C(=O)c4ccccc4SCc4c(C)noc4C)CC3)c(C)nc2c1. The summed E-state index contributed by atoms with van der Waals surface area (Å²) in [4.78, 5) is 23.6. The highest BCUT2D eigenvalue weighted by molar-refractivity contribution is 7.98. The van der Waals surface area contributed by atoms with Crippen molar-refractivity contribution in [2.45, 2.75) is 44.9 Å². The van der Waals surface area contributed by atoms with Crippen molar-refractivity contribution in [3.8, 4) is 0 Å². The van der Waals surface area contributed by atoms with Crippen molar-refractivity contribution in [2.24, 2.45) is 0 Å². The van der Waals surface area contributed by atoms with Crippen LogP contribution in [0.3, 0.4) is 0 Å². The van der Waals surface area contributed by atoms with Crippen LogP contribution < -0.4 is 0 Å². The predicted octanol–water partition coefficient (Wildman–Crippen LogP) is 4.81. The van der Waals surface area contributed by atoms with Gasteiger partial charge in [0, 0.05) is 55.1 Å². The van der Waals surface area contributed by atoms with Gasteiger partial charge in [0.05, 0.1) is 22.6 Å². The Bertz CT molecular complexity index is 1350. The zero-order chi connectivity index (χ0) is 24.5. The third-order valence-electron chi connectivity index (χ3n) is 6.78. The highest BCUT2D eigenvalue weighted by atomic mass is 32.2. The van der Waals surface area contributed by atoms with Crippen LogP contribution in [0.2, 0.25) is 0 Å². The lowest BCUT2D eigenvalue weighted by atomic mass is 10.1. The molecule has 0 aliphatic carbocycles. The molecule has 0 unspecified atom stereocenters. The molecular weight excluding hydrogens is 458 g/mol. The van der Waals surface area contributed by atoms with E-state index in [2.05, 4.69) is 46.6 Å². The Morgan fingerprint density at radius 1 is 1.03 bits per heavy atom. The molecule has 1 aliphatic heterocycles. The van der Waals surface area contributed by atoms with Crippen molar-refractivity contribution in [1.82, 2.24) is 24.3 Å². The number of benzene rings is 1. The number of rotatable bonds is 6. The molecule has 8 heteroatoms. The van der Waals surface area contributed by atoms with E-state index in [0.717, 1.165) is 77.3 Å². The first-order valence-corrected chi connectivity index (χ1v) is 13.0. The smallest absolute Gasteiger partial charge is 0.255 e. The molecule has 0 atom stereocenters. The summed E-state index contributed by atoms with van der Waals surface area (Å²) in [5.41, 5.74) is 7.28. The minimum atomic E-state index is 0.105. The Labute approximate surface area is 210 Å². The standard InChI is InChI=1S/C27H31N5O2S/c1-18-9-10-32-24(20(3)28-26(32)15-18)16-30-11-13-31(14-12-30)27(33)22-7-5-6-8-25(22)35-17-23-19(2)29-34-21(23)4/h5-10,15H,11-14,16-17H2,1-4H3. The van der Waals surface area contributed by atoms with E-state index in [1.807, 2.05) is 43.0 Å². The molecule has 0 bridgehead atoms. The number of nitrogens with zero attached hydrogens (tertiary/aromatic N) is 5. The summed E-state index contributed by atoms with van der Waals surface area (Å²) >= 11 is 1.66. The zero-order valence-corrected chi connectivity index (χ0v) is 21.6. The average Bonchev–Trinajstić information content (AvgIpc) is 3.34. The van der Waals surface area contributed by atoms with Crippen molar-refractivity contribution < 1.29 is 9.32 Å². The van der Waals surface area contributed by atoms with Crippen LogP contribution in [0, 0.1) is 27.7 Å². The Balaban J connectivity index is 1.23. The van der Waals surface area contributed by atoms with Gasteiger partial charge in [-0.2, -0.15) is 0 Å². The molecule has 0 spiro atoms. The Morgan fingerprint density at radius 2 is 1.80 bits per heavy atom. The molecular formula is C27H31N5O2S. The third-order valence-corrected chi connectivity index (χ3v) is 7.88. The van der Waals surface area contributed by atoms with Crippen LogP contribution in [0.4, 0.5) is 0 Å². The summed E-state index contributed by atoms with van der Waals surface area (Å²) in [7, 11) is 0. The van der Waals surface area contributed by atoms with E-state index in [0.29, 0.717) is 0 Å². The van der Waals surface area contributed by atoms with E-state index in [9.17, 15) is 4.79 Å². The maximum atomic E-state index is 13.4. The van der Waals surface area contributed by atoms with Gasteiger partial charge in [0.15, 0.2) is 0 Å². The van der Waals surface area contributed by atoms with E-state index in [1.165, 1.54) is 11.3 Å². The van der Waals surface area contributed by atoms with Crippen molar-refractivity contribution in [2.75, 3.05) is 26.2 Å². The average molecular weight is 490 g/mol. The van der Waals surface area contributed by atoms with Gasteiger partial charge >= 0.3 is 0 Å². The minimum Gasteiger partial charge on any atom is -0.361 e. The molecule has 3 aromatic heterocycles. The van der Waals surface area contributed by atoms with Gasteiger partial charge in [0.2, 0.25) is 0 Å². The van der Waals surface area contributed by atoms with Crippen LogP contribution in [-0.2, 0) is 12.3 Å². The van der Waals surface area contributed by atoms with Crippen LogP contribution in [0.1, 0.15) is 44.3 Å². The fraction of sp³-hybridized carbons (Fsp3) is 0.370. The summed E-state index contributed by atoms with van der Waals surface area (Å²) in [6, 6.07) is 12.1. The van der Waals surface area contributed by atoms with Gasteiger partial charge in [0.25, 0.3) is 5.91 Å². The minimum absolute atomic E-state index is 0.105. The number of pyridine rings is 1. The number of aryl methyl sites for hydroxylation is 4. The molecule has 4 heterocycles. The normalized spacial score (nSPS) is 14.7. The summed E-state index contributed by atoms with van der Waals surface area (Å²) < 4.78 is 7.48. The van der Waals surface area contributed by atoms with E-state index in [-0.39, 0.29) is 5.91 Å². The molecule has 5 rings (SSSR count). The highest BCUT2D eigenvalue weighted by Crippen LogP contribution is 2.30. The van der Waals surface area contributed by atoms with Crippen LogP contribution in [-0.4, -0.2) is 56.4 Å². The molecule has 1 saturated heterocycles. The first-order valence-electron chi connectivity index (χ1n) is 12.0. The number of amides is 1. The van der Waals surface area contributed by atoms with Crippen LogP contribution in [0.15, 0.2) is 52.0 Å². The van der Waals surface area contributed by atoms with Gasteiger partial charge in [-0.05, 0) is 57.5 Å². The lowest BCUT2D eigenvalue weighted by molar-refractivity contribution is 0.0623. The number of imidazole rings is 1. The number of carbonyl (C=O) groups is 1. The number of carbonyl (C=O) groups excluding carboxylic acids is 1. The van der Waals surface area contributed by atoms with Crippen molar-refractivity contribution in [3.05, 3.63) is 82.1 Å². The number of fused-ring (bicyclic) bond motifs is 1. The van der Waals surface area contributed by atoms with E-state index in [1.54, 1.807) is 11.8 Å². The first kappa shape index (κ1) is 23.6. The molecule has 0 radical (unpaired) electrons. The molecule has 4 aromatic rings. The van der Waals surface area contributed by atoms with Gasteiger partial charge in [-0.25, -0.2) is 4.98 Å². The topological polar surface area (TPSA) is 66.9 Å². The molecule has 0 saturated carbocycles. The second-order valence-corrected chi connectivity index (χ2v) is 10.2. The molecule has 1 aliphatic rings. The maximum absolute atomic E-state index is 13.4. The van der Waals surface area contributed by atoms with Crippen LogP contribution in [0.5, 0.6) is 0 Å². The summed E-state index contributed by atoms with van der Waals surface area (Å²) in [6.45, 7) is 12.0. The first-order chi connectivity index (χ1) is 16.9. The zero-order valence-electron chi connectivity index (χ0n) is 20.7. The molecule has 182 valence electrons. The summed E-state index contributed by atoms with van der Waals surface area (Å²) in [5, 5.41) is 4.05. The molecule has 35 heavy (non-hydrogen) atoms. The number of thioether (sulfide) groups is 1. The Hall–Kier alpha value is -3.10. The largest absolute Gasteiger partial charge is 0.361 e. The van der Waals surface area contributed by atoms with Gasteiger partial charge in [-0.3, -0.25) is 9.69 Å². The quantitative estimate of drug-likeness (QED) is 0.362. The highest BCUT2D eigenvalue weighted by Gasteiger charge is 2.25. The van der Waals surface area contributed by atoms with Crippen molar-refractivity contribution in [3.63, 3.8) is 0 Å². The second kappa shape index (κ2) is 9.87.